The standard InChI is InChI=1S/C23H29NO3/c1-4-26-21-11-7-20(8-12-21)24-14-13-23(16-24)27-22-9-5-19(6-10-22)17(2)15-18(3)25/h5-12,17,23H,4,13-16H2,1-3H3/t17-,23?/m1/s1. The fourth-order valence-electron chi connectivity index (χ4n) is 3.60. The SMILES string of the molecule is CCOc1ccc(N2CCC(Oc3ccc([C@H](C)CC(C)=O)cc3)C2)cc1. The molecule has 1 aliphatic rings. The van der Waals surface area contributed by atoms with Gasteiger partial charge in [-0.1, -0.05) is 19.1 Å². The first-order valence-electron chi connectivity index (χ1n) is 9.79. The molecule has 144 valence electrons. The average molecular weight is 367 g/mol. The zero-order chi connectivity index (χ0) is 19.2. The van der Waals surface area contributed by atoms with E-state index in [1.54, 1.807) is 6.92 Å². The van der Waals surface area contributed by atoms with E-state index >= 15 is 0 Å². The Morgan fingerprint density at radius 2 is 1.78 bits per heavy atom. The van der Waals surface area contributed by atoms with E-state index in [9.17, 15) is 4.79 Å². The molecule has 0 N–H and O–H groups in total. The van der Waals surface area contributed by atoms with Crippen LogP contribution in [0, 0.1) is 0 Å². The van der Waals surface area contributed by atoms with Crippen molar-refractivity contribution in [3.63, 3.8) is 0 Å². The first-order chi connectivity index (χ1) is 13.0. The number of ether oxygens (including phenoxy) is 2. The van der Waals surface area contributed by atoms with Gasteiger partial charge in [-0.25, -0.2) is 0 Å². The summed E-state index contributed by atoms with van der Waals surface area (Å²) in [5.41, 5.74) is 2.39. The second-order valence-electron chi connectivity index (χ2n) is 7.28. The van der Waals surface area contributed by atoms with Crippen molar-refractivity contribution in [2.45, 2.75) is 45.6 Å². The quantitative estimate of drug-likeness (QED) is 0.670. The van der Waals surface area contributed by atoms with Crippen LogP contribution in [0.25, 0.3) is 0 Å². The lowest BCUT2D eigenvalue weighted by molar-refractivity contribution is -0.117. The molecule has 3 rings (SSSR count). The van der Waals surface area contributed by atoms with Crippen molar-refractivity contribution in [1.29, 1.82) is 0 Å². The number of anilines is 1. The smallest absolute Gasteiger partial charge is 0.130 e. The molecule has 0 bridgehead atoms. The van der Waals surface area contributed by atoms with Crippen molar-refractivity contribution in [1.82, 2.24) is 0 Å². The molecule has 2 aromatic rings. The van der Waals surface area contributed by atoms with Gasteiger partial charge in [0.25, 0.3) is 0 Å². The Bertz CT molecular complexity index is 739. The van der Waals surface area contributed by atoms with Crippen LogP contribution in [0.15, 0.2) is 48.5 Å². The predicted octanol–water partition coefficient (Wildman–Crippen LogP) is 4.83. The maximum atomic E-state index is 11.3. The lowest BCUT2D eigenvalue weighted by atomic mass is 9.96. The molecule has 27 heavy (non-hydrogen) atoms. The first kappa shape index (κ1) is 19.3. The zero-order valence-corrected chi connectivity index (χ0v) is 16.5. The van der Waals surface area contributed by atoms with Gasteiger partial charge in [-0.05, 0) is 61.7 Å². The zero-order valence-electron chi connectivity index (χ0n) is 16.5. The maximum absolute atomic E-state index is 11.3. The number of benzene rings is 2. The molecule has 2 aromatic carbocycles. The van der Waals surface area contributed by atoms with Crippen molar-refractivity contribution in [3.8, 4) is 11.5 Å². The lowest BCUT2D eigenvalue weighted by Crippen LogP contribution is -2.24. The molecule has 0 spiro atoms. The van der Waals surface area contributed by atoms with E-state index in [0.29, 0.717) is 13.0 Å². The highest BCUT2D eigenvalue weighted by Gasteiger charge is 2.24. The third-order valence-corrected chi connectivity index (χ3v) is 5.00. The van der Waals surface area contributed by atoms with Crippen LogP contribution in [0.2, 0.25) is 0 Å². The summed E-state index contributed by atoms with van der Waals surface area (Å²) in [5.74, 6) is 2.28. The Balaban J connectivity index is 1.54. The monoisotopic (exact) mass is 367 g/mol. The molecule has 1 unspecified atom stereocenters. The van der Waals surface area contributed by atoms with Gasteiger partial charge in [0.05, 0.1) is 13.2 Å². The lowest BCUT2D eigenvalue weighted by Gasteiger charge is -2.19. The molecule has 0 saturated carbocycles. The molecular weight excluding hydrogens is 338 g/mol. The highest BCUT2D eigenvalue weighted by molar-refractivity contribution is 5.76. The van der Waals surface area contributed by atoms with Gasteiger partial charge in [0.2, 0.25) is 0 Å². The number of hydrogen-bond acceptors (Lipinski definition) is 4. The topological polar surface area (TPSA) is 38.8 Å². The molecular formula is C23H29NO3. The molecule has 0 aromatic heterocycles. The normalized spacial score (nSPS) is 17.6. The van der Waals surface area contributed by atoms with Gasteiger partial charge in [0.15, 0.2) is 0 Å². The first-order valence-corrected chi connectivity index (χ1v) is 9.79. The Kier molecular flexibility index (Phi) is 6.38. The second-order valence-corrected chi connectivity index (χ2v) is 7.28. The van der Waals surface area contributed by atoms with Gasteiger partial charge in [-0.2, -0.15) is 0 Å². The highest BCUT2D eigenvalue weighted by atomic mass is 16.5. The molecule has 1 heterocycles. The summed E-state index contributed by atoms with van der Waals surface area (Å²) < 4.78 is 11.7. The van der Waals surface area contributed by atoms with Crippen LogP contribution in [0.1, 0.15) is 45.1 Å². The Labute approximate surface area is 162 Å². The molecule has 1 aliphatic heterocycles. The van der Waals surface area contributed by atoms with E-state index in [1.165, 1.54) is 11.3 Å². The third-order valence-electron chi connectivity index (χ3n) is 5.00. The minimum Gasteiger partial charge on any atom is -0.494 e. The van der Waals surface area contributed by atoms with Gasteiger partial charge < -0.3 is 19.2 Å². The fraction of sp³-hybridized carbons (Fsp3) is 0.435. The van der Waals surface area contributed by atoms with Gasteiger partial charge >= 0.3 is 0 Å². The predicted molar refractivity (Wildman–Crippen MR) is 109 cm³/mol. The van der Waals surface area contributed by atoms with E-state index in [1.807, 2.05) is 31.2 Å². The summed E-state index contributed by atoms with van der Waals surface area (Å²) >= 11 is 0. The average Bonchev–Trinajstić information content (AvgIpc) is 3.11. The Hall–Kier alpha value is -2.49. The summed E-state index contributed by atoms with van der Waals surface area (Å²) in [6.45, 7) is 8.29. The molecule has 4 nitrogen and oxygen atoms in total. The Morgan fingerprint density at radius 1 is 1.11 bits per heavy atom. The van der Waals surface area contributed by atoms with Crippen LogP contribution in [0.3, 0.4) is 0 Å². The number of carbonyl (C=O) groups excluding carboxylic acids is 1. The molecule has 1 fully saturated rings. The van der Waals surface area contributed by atoms with Crippen LogP contribution < -0.4 is 14.4 Å². The van der Waals surface area contributed by atoms with Gasteiger partial charge in [0, 0.05) is 25.1 Å². The number of rotatable bonds is 8. The van der Waals surface area contributed by atoms with Crippen molar-refractivity contribution >= 4 is 11.5 Å². The van der Waals surface area contributed by atoms with E-state index in [0.717, 1.165) is 31.0 Å². The van der Waals surface area contributed by atoms with Crippen LogP contribution in [0.5, 0.6) is 11.5 Å². The Morgan fingerprint density at radius 3 is 2.41 bits per heavy atom. The van der Waals surface area contributed by atoms with E-state index < -0.39 is 0 Å². The number of Topliss-reactive ketones (excluding diaryl/α,β-unsaturated/α-hetero) is 1. The van der Waals surface area contributed by atoms with E-state index in [4.69, 9.17) is 9.47 Å². The second kappa shape index (κ2) is 8.94. The summed E-state index contributed by atoms with van der Waals surface area (Å²) in [6.07, 6.45) is 1.78. The van der Waals surface area contributed by atoms with Gasteiger partial charge in [-0.15, -0.1) is 0 Å². The molecule has 4 heteroatoms. The third kappa shape index (κ3) is 5.25. The summed E-state index contributed by atoms with van der Waals surface area (Å²) in [5, 5.41) is 0. The maximum Gasteiger partial charge on any atom is 0.130 e. The van der Waals surface area contributed by atoms with Crippen LogP contribution in [-0.4, -0.2) is 31.6 Å². The van der Waals surface area contributed by atoms with Crippen LogP contribution >= 0.6 is 0 Å². The van der Waals surface area contributed by atoms with Gasteiger partial charge in [-0.3, -0.25) is 0 Å². The van der Waals surface area contributed by atoms with Crippen LogP contribution in [-0.2, 0) is 4.79 Å². The highest BCUT2D eigenvalue weighted by Crippen LogP contribution is 2.27. The number of carbonyl (C=O) groups is 1. The minimum atomic E-state index is 0.192. The van der Waals surface area contributed by atoms with E-state index in [-0.39, 0.29) is 17.8 Å². The largest absolute Gasteiger partial charge is 0.494 e. The number of ketones is 1. The van der Waals surface area contributed by atoms with Crippen molar-refractivity contribution in [2.75, 3.05) is 24.6 Å². The summed E-state index contributed by atoms with van der Waals surface area (Å²) in [4.78, 5) is 13.6. The number of nitrogens with zero attached hydrogens (tertiary/aromatic N) is 1. The van der Waals surface area contributed by atoms with Gasteiger partial charge in [0.1, 0.15) is 23.4 Å². The van der Waals surface area contributed by atoms with Crippen molar-refractivity contribution in [3.05, 3.63) is 54.1 Å². The molecule has 0 amide bonds. The summed E-state index contributed by atoms with van der Waals surface area (Å²) in [6, 6.07) is 16.4. The molecule has 2 atom stereocenters. The molecule has 0 aliphatic carbocycles. The number of hydrogen-bond donors (Lipinski definition) is 0. The minimum absolute atomic E-state index is 0.192. The van der Waals surface area contributed by atoms with Crippen molar-refractivity contribution in [2.24, 2.45) is 0 Å². The summed E-state index contributed by atoms with van der Waals surface area (Å²) in [7, 11) is 0. The molecule has 0 radical (unpaired) electrons. The van der Waals surface area contributed by atoms with Crippen LogP contribution in [0.4, 0.5) is 5.69 Å². The van der Waals surface area contributed by atoms with E-state index in [2.05, 4.69) is 36.1 Å². The fourth-order valence-corrected chi connectivity index (χ4v) is 3.60. The van der Waals surface area contributed by atoms with Crippen molar-refractivity contribution < 1.29 is 14.3 Å². The molecule has 1 saturated heterocycles.